The van der Waals surface area contributed by atoms with Crippen molar-refractivity contribution in [1.29, 1.82) is 0 Å². The molecule has 0 aromatic rings. The first kappa shape index (κ1) is 4.08. The summed E-state index contributed by atoms with van der Waals surface area (Å²) in [6.45, 7) is 7.55. The lowest BCUT2D eigenvalue weighted by molar-refractivity contribution is 2.08. The molecule has 1 heterocycles. The highest BCUT2D eigenvalue weighted by atomic mass is 28.3. The molecule has 0 spiro atoms. The van der Waals surface area contributed by atoms with Gasteiger partial charge in [0, 0.05) is 0 Å². The van der Waals surface area contributed by atoms with Gasteiger partial charge in [-0.05, 0) is 0 Å². The van der Waals surface area contributed by atoms with E-state index in [4.69, 9.17) is 0 Å². The molecular weight excluding hydrogens is 104 g/mol. The van der Waals surface area contributed by atoms with Crippen LogP contribution in [0.15, 0.2) is 22.8 Å². The Morgan fingerprint density at radius 3 is 1.33 bits per heavy atom. The largest absolute Gasteiger partial charge is 0.108 e. The van der Waals surface area contributed by atoms with Gasteiger partial charge in [0.2, 0.25) is 0 Å². The first-order valence-electron chi connectivity index (χ1n) is 1.71. The Morgan fingerprint density at radius 2 is 1.33 bits per heavy atom. The van der Waals surface area contributed by atoms with Gasteiger partial charge in [-0.2, -0.15) is 0 Å². The number of rotatable bonds is 0. The van der Waals surface area contributed by atoms with Crippen LogP contribution in [0.4, 0.5) is 0 Å². The fourth-order valence-electron chi connectivity index (χ4n) is 0.364. The van der Waals surface area contributed by atoms with Crippen molar-refractivity contribution in [3.63, 3.8) is 0 Å². The summed E-state index contributed by atoms with van der Waals surface area (Å²) in [5.41, 5.74) is 0. The Bertz CT molecular complexity index is 82.1. The maximum atomic E-state index is 3.77. The van der Waals surface area contributed by atoms with Gasteiger partial charge in [0.05, 0.1) is 19.0 Å². The summed E-state index contributed by atoms with van der Waals surface area (Å²) < 4.78 is 0. The molecule has 0 aromatic carbocycles. The molecule has 0 bridgehead atoms. The summed E-state index contributed by atoms with van der Waals surface area (Å²) in [7, 11) is 1.78. The third-order valence-corrected chi connectivity index (χ3v) is 3.31. The Hall–Kier alpha value is -0.0862. The zero-order chi connectivity index (χ0) is 4.57. The van der Waals surface area contributed by atoms with E-state index in [0.29, 0.717) is 0 Å². The highest BCUT2D eigenvalue weighted by molar-refractivity contribution is 6.97. The molecule has 0 nitrogen and oxygen atoms in total. The molecular formula is C4H4Si2. The Balaban J connectivity index is 2.47. The van der Waals surface area contributed by atoms with Gasteiger partial charge >= 0.3 is 0 Å². The minimum atomic E-state index is 0.892. The van der Waals surface area contributed by atoms with Crippen LogP contribution in [0.2, 0.25) is 0 Å². The third kappa shape index (κ3) is 0.531. The van der Waals surface area contributed by atoms with Gasteiger partial charge in [0.25, 0.3) is 0 Å². The van der Waals surface area contributed by atoms with Crippen LogP contribution in [-0.2, 0) is 0 Å². The molecule has 0 amide bonds. The van der Waals surface area contributed by atoms with Crippen molar-refractivity contribution >= 4 is 19.0 Å². The quantitative estimate of drug-likeness (QED) is 0.393. The first-order valence-corrected chi connectivity index (χ1v) is 3.71. The summed E-state index contributed by atoms with van der Waals surface area (Å²) in [6.07, 6.45) is 0. The van der Waals surface area contributed by atoms with E-state index in [-0.39, 0.29) is 0 Å². The van der Waals surface area contributed by atoms with Crippen molar-refractivity contribution in [2.45, 2.75) is 0 Å². The van der Waals surface area contributed by atoms with E-state index in [0.717, 1.165) is 19.0 Å². The van der Waals surface area contributed by atoms with E-state index in [1.165, 1.54) is 9.64 Å². The Kier molecular flexibility index (Phi) is 0.818. The van der Waals surface area contributed by atoms with Gasteiger partial charge in [-0.25, -0.2) is 0 Å². The highest BCUT2D eigenvalue weighted by Crippen LogP contribution is 2.06. The van der Waals surface area contributed by atoms with E-state index in [1.807, 2.05) is 0 Å². The Morgan fingerprint density at radius 1 is 1.00 bits per heavy atom. The molecule has 0 atom stereocenters. The molecule has 0 aromatic heterocycles. The van der Waals surface area contributed by atoms with Crippen LogP contribution in [0.3, 0.4) is 0 Å². The molecule has 2 heteroatoms. The van der Waals surface area contributed by atoms with Gasteiger partial charge in [-0.3, -0.25) is 0 Å². The zero-order valence-corrected chi connectivity index (χ0v) is 5.41. The molecule has 0 aliphatic carbocycles. The van der Waals surface area contributed by atoms with Crippen LogP contribution in [0, 0.1) is 0 Å². The second-order valence-electron chi connectivity index (χ2n) is 1.21. The van der Waals surface area contributed by atoms with E-state index in [2.05, 4.69) is 13.2 Å². The highest BCUT2D eigenvalue weighted by Gasteiger charge is 2.12. The van der Waals surface area contributed by atoms with Gasteiger partial charge in [-0.15, -0.1) is 13.2 Å². The predicted octanol–water partition coefficient (Wildman–Crippen LogP) is 0.351. The predicted molar refractivity (Wildman–Crippen MR) is 29.8 cm³/mol. The minimum Gasteiger partial charge on any atom is -0.108 e. The van der Waals surface area contributed by atoms with Crippen LogP contribution >= 0.6 is 0 Å². The SMILES string of the molecule is C=C1[Si]C(=C)[Si]1. The molecule has 1 saturated heterocycles. The normalized spacial score (nSPS) is 20.7. The van der Waals surface area contributed by atoms with Crippen LogP contribution in [0.1, 0.15) is 0 Å². The smallest absolute Gasteiger partial charge is 0.0980 e. The maximum Gasteiger partial charge on any atom is 0.0980 e. The summed E-state index contributed by atoms with van der Waals surface area (Å²) in [5, 5.41) is 0. The molecule has 1 rings (SSSR count). The standard InChI is InChI=1S/C4H4Si2/c1-3-5-4(2)6-3/h1-2H2. The molecule has 1 aliphatic heterocycles. The summed E-state index contributed by atoms with van der Waals surface area (Å²) >= 11 is 0. The second kappa shape index (κ2) is 1.20. The van der Waals surface area contributed by atoms with Gasteiger partial charge < -0.3 is 0 Å². The number of hydrogen-bond donors (Lipinski definition) is 0. The van der Waals surface area contributed by atoms with Crippen molar-refractivity contribution in [2.24, 2.45) is 0 Å². The fourth-order valence-corrected chi connectivity index (χ4v) is 2.53. The minimum absolute atomic E-state index is 0.892. The van der Waals surface area contributed by atoms with Gasteiger partial charge in [0.1, 0.15) is 0 Å². The van der Waals surface area contributed by atoms with E-state index in [1.54, 1.807) is 0 Å². The maximum absolute atomic E-state index is 3.77. The molecule has 0 saturated carbocycles. The fraction of sp³-hybridized carbons (Fsp3) is 0. The van der Waals surface area contributed by atoms with Crippen LogP contribution in [0.5, 0.6) is 0 Å². The average molecular weight is 108 g/mol. The van der Waals surface area contributed by atoms with Crippen LogP contribution in [-0.4, -0.2) is 19.0 Å². The molecule has 4 radical (unpaired) electrons. The summed E-state index contributed by atoms with van der Waals surface area (Å²) in [4.78, 5) is 2.78. The van der Waals surface area contributed by atoms with Crippen molar-refractivity contribution in [2.75, 3.05) is 0 Å². The molecule has 6 heavy (non-hydrogen) atoms. The van der Waals surface area contributed by atoms with Crippen LogP contribution < -0.4 is 0 Å². The molecule has 28 valence electrons. The lowest BCUT2D eigenvalue weighted by Gasteiger charge is -2.13. The molecule has 1 fully saturated rings. The summed E-state index contributed by atoms with van der Waals surface area (Å²) in [5.74, 6) is 0. The van der Waals surface area contributed by atoms with Crippen molar-refractivity contribution in [3.8, 4) is 0 Å². The van der Waals surface area contributed by atoms with Crippen molar-refractivity contribution < 1.29 is 0 Å². The molecule has 0 N–H and O–H groups in total. The van der Waals surface area contributed by atoms with Gasteiger partial charge in [-0.1, -0.05) is 9.64 Å². The summed E-state index contributed by atoms with van der Waals surface area (Å²) in [6, 6.07) is 0. The van der Waals surface area contributed by atoms with Crippen molar-refractivity contribution in [3.05, 3.63) is 22.8 Å². The van der Waals surface area contributed by atoms with E-state index in [9.17, 15) is 0 Å². The van der Waals surface area contributed by atoms with Crippen LogP contribution in [0.25, 0.3) is 0 Å². The van der Waals surface area contributed by atoms with Gasteiger partial charge in [0.15, 0.2) is 0 Å². The lowest BCUT2D eigenvalue weighted by atomic mass is 11.2. The van der Waals surface area contributed by atoms with E-state index >= 15 is 0 Å². The second-order valence-corrected chi connectivity index (χ2v) is 5.12. The average Bonchev–Trinajstić information content (AvgIpc) is 1.33. The Labute approximate surface area is 42.6 Å². The molecule has 0 unspecified atom stereocenters. The van der Waals surface area contributed by atoms with Crippen molar-refractivity contribution in [1.82, 2.24) is 0 Å². The number of hydrogen-bond acceptors (Lipinski definition) is 0. The molecule has 1 aliphatic rings. The lowest BCUT2D eigenvalue weighted by Crippen LogP contribution is -2.22. The topological polar surface area (TPSA) is 0 Å². The van der Waals surface area contributed by atoms with E-state index < -0.39 is 0 Å². The first-order chi connectivity index (χ1) is 2.79. The zero-order valence-electron chi connectivity index (χ0n) is 3.41. The third-order valence-electron chi connectivity index (χ3n) is 0.604. The monoisotopic (exact) mass is 108 g/mol.